The van der Waals surface area contributed by atoms with Crippen LogP contribution in [0.3, 0.4) is 0 Å². The second kappa shape index (κ2) is 9.22. The molecule has 6 nitrogen and oxygen atoms in total. The number of ether oxygens (including phenoxy) is 2. The summed E-state index contributed by atoms with van der Waals surface area (Å²) >= 11 is 9.12. The lowest BCUT2D eigenvalue weighted by Gasteiger charge is -2.40. The van der Waals surface area contributed by atoms with E-state index in [0.717, 1.165) is 21.4 Å². The van der Waals surface area contributed by atoms with Crippen LogP contribution in [0.1, 0.15) is 35.6 Å². The molecular formula is C26H25ClN2O4S2. The van der Waals surface area contributed by atoms with Gasteiger partial charge < -0.3 is 19.8 Å². The highest BCUT2D eigenvalue weighted by Gasteiger charge is 2.54. The summed E-state index contributed by atoms with van der Waals surface area (Å²) in [5.41, 5.74) is 1.79. The van der Waals surface area contributed by atoms with Crippen LogP contribution >= 0.6 is 34.7 Å². The maximum atomic E-state index is 12.4. The summed E-state index contributed by atoms with van der Waals surface area (Å²) in [6.07, 6.45) is 3.86. The second-order valence-corrected chi connectivity index (χ2v) is 12.1. The van der Waals surface area contributed by atoms with Gasteiger partial charge in [-0.15, -0.1) is 11.8 Å². The number of thioether (sulfide) groups is 1. The van der Waals surface area contributed by atoms with Crippen LogP contribution in [0.4, 0.5) is 5.69 Å². The number of hydrogen-bond acceptors (Lipinski definition) is 6. The molecule has 3 aliphatic rings. The fourth-order valence-electron chi connectivity index (χ4n) is 6.09. The summed E-state index contributed by atoms with van der Waals surface area (Å²) in [5, 5.41) is 4.99. The SMILES string of the molecule is COc1cc([C@@H]2c3sc(=O)[nH]c3S[C@H]3[C@@H]4CC[C@H](C4)[C@H]23)ccc1OCC(=O)Nc1ccc(Cl)cc1. The first-order valence-corrected chi connectivity index (χ1v) is 13.8. The van der Waals surface area contributed by atoms with Crippen LogP contribution in [-0.2, 0) is 4.79 Å². The molecule has 1 amide bonds. The van der Waals surface area contributed by atoms with Crippen molar-refractivity contribution in [2.75, 3.05) is 19.0 Å². The van der Waals surface area contributed by atoms with E-state index < -0.39 is 0 Å². The number of methoxy groups -OCH3 is 1. The lowest BCUT2D eigenvalue weighted by molar-refractivity contribution is -0.118. The summed E-state index contributed by atoms with van der Waals surface area (Å²) < 4.78 is 11.5. The summed E-state index contributed by atoms with van der Waals surface area (Å²) in [5.74, 6) is 2.97. The van der Waals surface area contributed by atoms with Gasteiger partial charge in [-0.1, -0.05) is 29.0 Å². The molecule has 0 radical (unpaired) electrons. The highest BCUT2D eigenvalue weighted by molar-refractivity contribution is 8.00. The Morgan fingerprint density at radius 3 is 2.74 bits per heavy atom. The summed E-state index contributed by atoms with van der Waals surface area (Å²) in [7, 11) is 1.61. The van der Waals surface area contributed by atoms with Gasteiger partial charge >= 0.3 is 4.87 Å². The fourth-order valence-corrected chi connectivity index (χ4v) is 9.11. The number of nitrogens with one attached hydrogen (secondary N) is 2. The Kier molecular flexibility index (Phi) is 6.06. The molecule has 2 N–H and O–H groups in total. The first kappa shape index (κ1) is 23.0. The molecule has 3 aromatic rings. The monoisotopic (exact) mass is 528 g/mol. The molecule has 2 fully saturated rings. The van der Waals surface area contributed by atoms with Crippen molar-refractivity contribution >= 4 is 46.3 Å². The van der Waals surface area contributed by atoms with Gasteiger partial charge in [0.05, 0.1) is 12.1 Å². The van der Waals surface area contributed by atoms with E-state index in [-0.39, 0.29) is 23.3 Å². The third-order valence-corrected chi connectivity index (χ3v) is 10.4. The minimum Gasteiger partial charge on any atom is -0.493 e. The normalized spacial score (nSPS) is 26.2. The zero-order valence-electron chi connectivity index (χ0n) is 19.1. The number of carbonyl (C=O) groups is 1. The Balaban J connectivity index is 1.24. The highest BCUT2D eigenvalue weighted by atomic mass is 35.5. The number of anilines is 1. The van der Waals surface area contributed by atoms with Crippen LogP contribution < -0.4 is 19.7 Å². The molecule has 2 aromatic carbocycles. The Bertz CT molecular complexity index is 1320. The van der Waals surface area contributed by atoms with Gasteiger partial charge in [0.2, 0.25) is 0 Å². The van der Waals surface area contributed by atoms with Gasteiger partial charge in [-0.25, -0.2) is 0 Å². The largest absolute Gasteiger partial charge is 0.493 e. The molecule has 0 saturated heterocycles. The first-order chi connectivity index (χ1) is 17.0. The van der Waals surface area contributed by atoms with Gasteiger partial charge in [-0.2, -0.15) is 0 Å². The van der Waals surface area contributed by atoms with Gasteiger partial charge in [0.25, 0.3) is 5.91 Å². The lowest BCUT2D eigenvalue weighted by Crippen LogP contribution is -2.33. The number of halogens is 1. The molecule has 182 valence electrons. The minimum atomic E-state index is -0.269. The molecule has 2 saturated carbocycles. The zero-order valence-corrected chi connectivity index (χ0v) is 21.5. The lowest BCUT2D eigenvalue weighted by atomic mass is 9.75. The second-order valence-electron chi connectivity index (χ2n) is 9.43. The van der Waals surface area contributed by atoms with Crippen molar-refractivity contribution in [3.63, 3.8) is 0 Å². The summed E-state index contributed by atoms with van der Waals surface area (Å²) in [6, 6.07) is 12.9. The van der Waals surface area contributed by atoms with Crippen LogP contribution in [0.5, 0.6) is 11.5 Å². The highest BCUT2D eigenvalue weighted by Crippen LogP contribution is 2.63. The average molecular weight is 529 g/mol. The van der Waals surface area contributed by atoms with Crippen LogP contribution in [0, 0.1) is 17.8 Å². The molecule has 0 spiro atoms. The third-order valence-electron chi connectivity index (χ3n) is 7.50. The smallest absolute Gasteiger partial charge is 0.305 e. The molecule has 0 unspecified atom stereocenters. The Morgan fingerprint density at radius 1 is 1.14 bits per heavy atom. The predicted molar refractivity (Wildman–Crippen MR) is 139 cm³/mol. The number of hydrogen-bond donors (Lipinski definition) is 2. The van der Waals surface area contributed by atoms with E-state index in [1.807, 2.05) is 23.9 Å². The molecule has 1 aromatic heterocycles. The van der Waals surface area contributed by atoms with Gasteiger partial charge in [-0.05, 0) is 79.0 Å². The van der Waals surface area contributed by atoms with E-state index >= 15 is 0 Å². The average Bonchev–Trinajstić information content (AvgIpc) is 3.57. The molecule has 9 heteroatoms. The number of benzene rings is 2. The number of aromatic nitrogens is 1. The van der Waals surface area contributed by atoms with Crippen molar-refractivity contribution in [1.29, 1.82) is 0 Å². The first-order valence-electron chi connectivity index (χ1n) is 11.8. The minimum absolute atomic E-state index is 0.0124. The molecule has 2 bridgehead atoms. The number of fused-ring (bicyclic) bond motifs is 6. The van der Waals surface area contributed by atoms with Crippen LogP contribution in [0.15, 0.2) is 52.3 Å². The topological polar surface area (TPSA) is 80.4 Å². The molecule has 1 aliphatic heterocycles. The van der Waals surface area contributed by atoms with Crippen molar-refractivity contribution < 1.29 is 14.3 Å². The molecule has 5 atom stereocenters. The molecule has 6 rings (SSSR count). The number of H-pyrrole nitrogens is 1. The summed E-state index contributed by atoms with van der Waals surface area (Å²) in [4.78, 5) is 28.9. The number of carbonyl (C=O) groups excluding carboxylic acids is 1. The molecule has 35 heavy (non-hydrogen) atoms. The third kappa shape index (κ3) is 4.26. The van der Waals surface area contributed by atoms with E-state index in [1.165, 1.54) is 30.6 Å². The number of rotatable bonds is 6. The molecular weight excluding hydrogens is 504 g/mol. The standard InChI is InChI=1S/C26H25ClN2O4S2/c1-32-19-11-14(4-9-18(19)33-12-20(30)28-17-7-5-16(27)6-8-17)22-21-13-2-3-15(10-13)23(21)34-25-24(22)35-26(31)29-25/h4-9,11,13,15,21-23H,2-3,10,12H2,1H3,(H,28,30)(H,29,31)/t13-,15-,21-,22+,23+/m1/s1. The van der Waals surface area contributed by atoms with Gasteiger partial charge in [0, 0.05) is 26.8 Å². The molecule has 2 heterocycles. The number of thiazole rings is 1. The maximum Gasteiger partial charge on any atom is 0.305 e. The van der Waals surface area contributed by atoms with Crippen molar-refractivity contribution in [1.82, 2.24) is 4.98 Å². The Hall–Kier alpha value is -2.42. The van der Waals surface area contributed by atoms with Crippen LogP contribution in [0.25, 0.3) is 0 Å². The maximum absolute atomic E-state index is 12.4. The van der Waals surface area contributed by atoms with Crippen molar-refractivity contribution in [3.05, 3.63) is 67.6 Å². The van der Waals surface area contributed by atoms with Crippen LogP contribution in [-0.4, -0.2) is 29.9 Å². The predicted octanol–water partition coefficient (Wildman–Crippen LogP) is 5.77. The quantitative estimate of drug-likeness (QED) is 0.424. The van der Waals surface area contributed by atoms with E-state index in [2.05, 4.69) is 16.4 Å². The van der Waals surface area contributed by atoms with Crippen molar-refractivity contribution in [2.24, 2.45) is 17.8 Å². The fraction of sp³-hybridized carbons (Fsp3) is 0.385. The number of aromatic amines is 1. The van der Waals surface area contributed by atoms with E-state index in [9.17, 15) is 9.59 Å². The van der Waals surface area contributed by atoms with Crippen LogP contribution in [0.2, 0.25) is 5.02 Å². The van der Waals surface area contributed by atoms with E-state index in [0.29, 0.717) is 39.3 Å². The van der Waals surface area contributed by atoms with E-state index in [4.69, 9.17) is 21.1 Å². The van der Waals surface area contributed by atoms with Crippen molar-refractivity contribution in [2.45, 2.75) is 35.5 Å². The summed E-state index contributed by atoms with van der Waals surface area (Å²) in [6.45, 7) is -0.142. The molecule has 2 aliphatic carbocycles. The van der Waals surface area contributed by atoms with Crippen molar-refractivity contribution in [3.8, 4) is 11.5 Å². The van der Waals surface area contributed by atoms with Gasteiger partial charge in [0.15, 0.2) is 18.1 Å². The van der Waals surface area contributed by atoms with Gasteiger partial charge in [-0.3, -0.25) is 9.59 Å². The number of amides is 1. The Labute approximate surface area is 216 Å². The van der Waals surface area contributed by atoms with Gasteiger partial charge in [0.1, 0.15) is 0 Å². The Morgan fingerprint density at radius 2 is 1.94 bits per heavy atom. The zero-order chi connectivity index (χ0) is 24.1. The van der Waals surface area contributed by atoms with E-state index in [1.54, 1.807) is 31.4 Å².